The molecule has 0 saturated heterocycles. The van der Waals surface area contributed by atoms with Crippen LogP contribution >= 0.6 is 0 Å². The number of nitrogens with zero attached hydrogens (tertiary/aromatic N) is 4. The van der Waals surface area contributed by atoms with E-state index in [1.54, 1.807) is 13.1 Å². The van der Waals surface area contributed by atoms with Crippen LogP contribution in [-0.2, 0) is 7.05 Å². The van der Waals surface area contributed by atoms with Gasteiger partial charge < -0.3 is 0 Å². The van der Waals surface area contributed by atoms with Gasteiger partial charge in [0.1, 0.15) is 11.8 Å². The molecule has 0 saturated carbocycles. The molecule has 0 aromatic carbocycles. The Balaban J connectivity index is 2.99. The van der Waals surface area contributed by atoms with E-state index in [0.717, 1.165) is 5.69 Å². The second-order valence-electron chi connectivity index (χ2n) is 2.68. The van der Waals surface area contributed by atoms with E-state index in [-0.39, 0.29) is 5.56 Å². The zero-order chi connectivity index (χ0) is 8.72. The topological polar surface area (TPSA) is 52.2 Å². The molecule has 0 aliphatic rings. The van der Waals surface area contributed by atoms with E-state index in [1.165, 1.54) is 15.5 Å². The van der Waals surface area contributed by atoms with Gasteiger partial charge in [0.05, 0.1) is 5.69 Å². The first-order valence-electron chi connectivity index (χ1n) is 3.57. The van der Waals surface area contributed by atoms with Gasteiger partial charge in [-0.3, -0.25) is 4.79 Å². The second-order valence-corrected chi connectivity index (χ2v) is 2.68. The summed E-state index contributed by atoms with van der Waals surface area (Å²) < 4.78 is 2.77. The third kappa shape index (κ3) is 0.827. The van der Waals surface area contributed by atoms with Gasteiger partial charge in [0.25, 0.3) is 5.56 Å². The average Bonchev–Trinajstić information content (AvgIpc) is 2.39. The van der Waals surface area contributed by atoms with Crippen molar-refractivity contribution in [3.63, 3.8) is 0 Å². The Morgan fingerprint density at radius 3 is 3.00 bits per heavy atom. The van der Waals surface area contributed by atoms with Crippen molar-refractivity contribution in [2.75, 3.05) is 0 Å². The van der Waals surface area contributed by atoms with E-state index in [9.17, 15) is 4.79 Å². The first-order valence-corrected chi connectivity index (χ1v) is 3.57. The number of hydrogen-bond acceptors (Lipinski definition) is 3. The second kappa shape index (κ2) is 2.17. The third-order valence-corrected chi connectivity index (χ3v) is 1.71. The quantitative estimate of drug-likeness (QED) is 0.539. The molecule has 2 aromatic heterocycles. The van der Waals surface area contributed by atoms with Crippen LogP contribution in [0.15, 0.2) is 17.2 Å². The zero-order valence-electron chi connectivity index (χ0n) is 6.85. The minimum absolute atomic E-state index is 0.127. The normalized spacial score (nSPS) is 10.8. The highest BCUT2D eigenvalue weighted by atomic mass is 16.1. The van der Waals surface area contributed by atoms with Gasteiger partial charge in [-0.1, -0.05) is 0 Å². The first-order chi connectivity index (χ1) is 5.68. The summed E-state index contributed by atoms with van der Waals surface area (Å²) in [5.74, 6) is 0. The summed E-state index contributed by atoms with van der Waals surface area (Å²) in [7, 11) is 1.62. The maximum atomic E-state index is 11.4. The standard InChI is InChI=1S/C7H8N4O/c1-5-3-6-7(12)10(2)8-4-11(6)9-5/h3-4H,1-2H3. The average molecular weight is 164 g/mol. The fourth-order valence-corrected chi connectivity index (χ4v) is 1.11. The Bertz CT molecular complexity index is 482. The molecule has 0 aliphatic carbocycles. The molecule has 0 aliphatic heterocycles. The lowest BCUT2D eigenvalue weighted by atomic mass is 10.4. The first kappa shape index (κ1) is 7.02. The van der Waals surface area contributed by atoms with Crippen LogP contribution in [0.4, 0.5) is 0 Å². The van der Waals surface area contributed by atoms with Crippen molar-refractivity contribution in [2.45, 2.75) is 6.92 Å². The smallest absolute Gasteiger partial charge is 0.265 e. The van der Waals surface area contributed by atoms with Gasteiger partial charge in [0.2, 0.25) is 0 Å². The SMILES string of the molecule is Cc1cc2c(=O)n(C)ncn2n1. The van der Waals surface area contributed by atoms with Crippen LogP contribution in [0.2, 0.25) is 0 Å². The van der Waals surface area contributed by atoms with Crippen LogP contribution < -0.4 is 5.56 Å². The van der Waals surface area contributed by atoms with Crippen molar-refractivity contribution in [1.29, 1.82) is 0 Å². The van der Waals surface area contributed by atoms with E-state index in [1.807, 2.05) is 6.92 Å². The van der Waals surface area contributed by atoms with Crippen molar-refractivity contribution >= 4 is 5.52 Å². The fraction of sp³-hybridized carbons (Fsp3) is 0.286. The molecular weight excluding hydrogens is 156 g/mol. The molecule has 5 heteroatoms. The summed E-state index contributed by atoms with van der Waals surface area (Å²) >= 11 is 0. The van der Waals surface area contributed by atoms with Crippen molar-refractivity contribution in [3.05, 3.63) is 28.4 Å². The molecule has 0 spiro atoms. The van der Waals surface area contributed by atoms with E-state index >= 15 is 0 Å². The number of fused-ring (bicyclic) bond motifs is 1. The van der Waals surface area contributed by atoms with Gasteiger partial charge in [-0.15, -0.1) is 0 Å². The van der Waals surface area contributed by atoms with E-state index < -0.39 is 0 Å². The minimum atomic E-state index is -0.127. The molecule has 62 valence electrons. The van der Waals surface area contributed by atoms with Gasteiger partial charge in [0, 0.05) is 7.05 Å². The summed E-state index contributed by atoms with van der Waals surface area (Å²) in [5, 5.41) is 7.88. The van der Waals surface area contributed by atoms with Crippen LogP contribution in [0.5, 0.6) is 0 Å². The third-order valence-electron chi connectivity index (χ3n) is 1.71. The van der Waals surface area contributed by atoms with Crippen molar-refractivity contribution < 1.29 is 0 Å². The Morgan fingerprint density at radius 1 is 1.50 bits per heavy atom. The number of aromatic nitrogens is 4. The summed E-state index contributed by atoms with van der Waals surface area (Å²) in [5.41, 5.74) is 1.25. The Kier molecular flexibility index (Phi) is 1.27. The van der Waals surface area contributed by atoms with Gasteiger partial charge in [-0.05, 0) is 13.0 Å². The largest absolute Gasteiger partial charge is 0.292 e. The van der Waals surface area contributed by atoms with Gasteiger partial charge in [-0.2, -0.15) is 10.2 Å². The number of hydrogen-bond donors (Lipinski definition) is 0. The molecule has 0 amide bonds. The predicted octanol–water partition coefficient (Wildman–Crippen LogP) is -0.264. The Labute approximate surface area is 68.2 Å². The fourth-order valence-electron chi connectivity index (χ4n) is 1.11. The summed E-state index contributed by atoms with van der Waals surface area (Å²) in [6, 6.07) is 1.74. The van der Waals surface area contributed by atoms with Crippen LogP contribution in [0, 0.1) is 6.92 Å². The molecule has 0 N–H and O–H groups in total. The molecule has 2 rings (SSSR count). The molecule has 2 aromatic rings. The van der Waals surface area contributed by atoms with Crippen molar-refractivity contribution in [2.24, 2.45) is 7.05 Å². The lowest BCUT2D eigenvalue weighted by molar-refractivity contribution is 0.675. The Hall–Kier alpha value is -1.65. The zero-order valence-corrected chi connectivity index (χ0v) is 6.85. The molecule has 0 unspecified atom stereocenters. The Morgan fingerprint density at radius 2 is 2.25 bits per heavy atom. The molecule has 2 heterocycles. The van der Waals surface area contributed by atoms with Crippen LogP contribution in [0.3, 0.4) is 0 Å². The highest BCUT2D eigenvalue weighted by molar-refractivity contribution is 5.43. The molecular formula is C7H8N4O. The van der Waals surface area contributed by atoms with Crippen molar-refractivity contribution in [1.82, 2.24) is 19.4 Å². The number of aryl methyl sites for hydroxylation is 2. The molecule has 0 bridgehead atoms. The van der Waals surface area contributed by atoms with E-state index in [4.69, 9.17) is 0 Å². The lowest BCUT2D eigenvalue weighted by Gasteiger charge is -1.94. The van der Waals surface area contributed by atoms with E-state index in [0.29, 0.717) is 5.52 Å². The van der Waals surface area contributed by atoms with Crippen LogP contribution in [-0.4, -0.2) is 19.4 Å². The maximum absolute atomic E-state index is 11.4. The monoisotopic (exact) mass is 164 g/mol. The van der Waals surface area contributed by atoms with E-state index in [2.05, 4.69) is 10.2 Å². The van der Waals surface area contributed by atoms with Crippen LogP contribution in [0.25, 0.3) is 5.52 Å². The van der Waals surface area contributed by atoms with Crippen LogP contribution in [0.1, 0.15) is 5.69 Å². The predicted molar refractivity (Wildman–Crippen MR) is 43.0 cm³/mol. The van der Waals surface area contributed by atoms with Gasteiger partial charge in [0.15, 0.2) is 0 Å². The summed E-state index contributed by atoms with van der Waals surface area (Å²) in [4.78, 5) is 11.4. The van der Waals surface area contributed by atoms with Gasteiger partial charge in [-0.25, -0.2) is 9.20 Å². The molecule has 0 atom stereocenters. The lowest BCUT2D eigenvalue weighted by Crippen LogP contribution is -2.21. The minimum Gasteiger partial charge on any atom is -0.265 e. The number of rotatable bonds is 0. The summed E-state index contributed by atoms with van der Waals surface area (Å²) in [6.45, 7) is 1.84. The molecule has 5 nitrogen and oxygen atoms in total. The highest BCUT2D eigenvalue weighted by Gasteiger charge is 2.02. The molecule has 12 heavy (non-hydrogen) atoms. The maximum Gasteiger partial charge on any atom is 0.292 e. The molecule has 0 fully saturated rings. The molecule has 0 radical (unpaired) electrons. The van der Waals surface area contributed by atoms with Crippen molar-refractivity contribution in [3.8, 4) is 0 Å². The highest BCUT2D eigenvalue weighted by Crippen LogP contribution is 1.97. The van der Waals surface area contributed by atoms with Gasteiger partial charge >= 0.3 is 0 Å². The summed E-state index contributed by atoms with van der Waals surface area (Å²) in [6.07, 6.45) is 1.52.